The van der Waals surface area contributed by atoms with Crippen molar-refractivity contribution in [3.8, 4) is 11.3 Å². The first-order valence-corrected chi connectivity index (χ1v) is 7.03. The van der Waals surface area contributed by atoms with Gasteiger partial charge < -0.3 is 0 Å². The lowest BCUT2D eigenvalue weighted by Gasteiger charge is -1.99. The van der Waals surface area contributed by atoms with E-state index in [0.29, 0.717) is 0 Å². The average Bonchev–Trinajstić information content (AvgIpc) is 2.76. The summed E-state index contributed by atoms with van der Waals surface area (Å²) in [5, 5.41) is 3.27. The summed E-state index contributed by atoms with van der Waals surface area (Å²) < 4.78 is 0.143. The highest BCUT2D eigenvalue weighted by Crippen LogP contribution is 2.23. The van der Waals surface area contributed by atoms with Crippen molar-refractivity contribution in [1.29, 1.82) is 0 Å². The molecule has 0 atom stereocenters. The van der Waals surface area contributed by atoms with Gasteiger partial charge in [-0.1, -0.05) is 30.3 Å². The maximum atomic E-state index is 4.60. The lowest BCUT2D eigenvalue weighted by atomic mass is 10.2. The molecule has 0 aliphatic carbocycles. The van der Waals surface area contributed by atoms with Gasteiger partial charge in [-0.2, -0.15) is 25.3 Å². The van der Waals surface area contributed by atoms with Crippen molar-refractivity contribution in [2.75, 3.05) is 0 Å². The van der Waals surface area contributed by atoms with Crippen molar-refractivity contribution in [1.82, 2.24) is 4.98 Å². The molecule has 1 nitrogen and oxygen atoms in total. The predicted octanol–water partition coefficient (Wildman–Crippen LogP) is 3.93. The Morgan fingerprint density at radius 1 is 1.19 bits per heavy atom. The van der Waals surface area contributed by atoms with E-state index in [9.17, 15) is 0 Å². The number of aromatic nitrogens is 1. The molecule has 1 heterocycles. The smallest absolute Gasteiger partial charge is 0.0933 e. The van der Waals surface area contributed by atoms with Gasteiger partial charge in [0, 0.05) is 21.9 Å². The molecule has 1 aromatic carbocycles. The highest BCUT2D eigenvalue weighted by atomic mass is 32.2. The Kier molecular flexibility index (Phi) is 4.32. The minimum Gasteiger partial charge on any atom is -0.241 e. The van der Waals surface area contributed by atoms with Gasteiger partial charge in [-0.25, -0.2) is 4.98 Å². The fourth-order valence-corrected chi connectivity index (χ4v) is 2.50. The Labute approximate surface area is 111 Å². The summed E-state index contributed by atoms with van der Waals surface area (Å²) in [5.41, 5.74) is 2.24. The van der Waals surface area contributed by atoms with Crippen LogP contribution < -0.4 is 0 Å². The van der Waals surface area contributed by atoms with E-state index in [4.69, 9.17) is 0 Å². The van der Waals surface area contributed by atoms with Crippen molar-refractivity contribution in [2.24, 2.45) is 0 Å². The second-order valence-electron chi connectivity index (χ2n) is 3.51. The monoisotopic (exact) mass is 267 g/mol. The van der Waals surface area contributed by atoms with Crippen LogP contribution in [0.2, 0.25) is 0 Å². The SMILES string of the molecule is SC(S)CCc1nc(-c2ccccc2)cs1. The zero-order valence-electron chi connectivity index (χ0n) is 8.71. The summed E-state index contributed by atoms with van der Waals surface area (Å²) >= 11 is 10.2. The van der Waals surface area contributed by atoms with Crippen LogP contribution in [0.5, 0.6) is 0 Å². The van der Waals surface area contributed by atoms with Crippen LogP contribution in [0.15, 0.2) is 35.7 Å². The highest BCUT2D eigenvalue weighted by molar-refractivity contribution is 7.99. The third-order valence-corrected chi connectivity index (χ3v) is 3.66. The number of rotatable bonds is 4. The molecule has 0 saturated carbocycles. The lowest BCUT2D eigenvalue weighted by Crippen LogP contribution is -1.91. The molecular weight excluding hydrogens is 254 g/mol. The molecule has 4 heteroatoms. The lowest BCUT2D eigenvalue weighted by molar-refractivity contribution is 0.899. The first kappa shape index (κ1) is 12.0. The summed E-state index contributed by atoms with van der Waals surface area (Å²) in [5.74, 6) is 0. The standard InChI is InChI=1S/C12H13NS3/c14-12(15)7-6-11-13-10(8-16-11)9-4-2-1-3-5-9/h1-5,8,12,14-15H,6-7H2. The Hall–Kier alpha value is -0.450. The number of thiazole rings is 1. The predicted molar refractivity (Wildman–Crippen MR) is 77.6 cm³/mol. The largest absolute Gasteiger partial charge is 0.241 e. The highest BCUT2D eigenvalue weighted by Gasteiger charge is 2.05. The molecular formula is C12H13NS3. The van der Waals surface area contributed by atoms with Gasteiger partial charge in [0.25, 0.3) is 0 Å². The van der Waals surface area contributed by atoms with E-state index in [1.165, 1.54) is 5.56 Å². The minimum absolute atomic E-state index is 0.143. The normalized spacial score (nSPS) is 10.9. The summed E-state index contributed by atoms with van der Waals surface area (Å²) in [6.45, 7) is 0. The van der Waals surface area contributed by atoms with Crippen LogP contribution in [0.3, 0.4) is 0 Å². The molecule has 0 bridgehead atoms. The molecule has 0 unspecified atom stereocenters. The molecule has 0 saturated heterocycles. The van der Waals surface area contributed by atoms with E-state index >= 15 is 0 Å². The van der Waals surface area contributed by atoms with Gasteiger partial charge in [0.15, 0.2) is 0 Å². The number of nitrogens with zero attached hydrogens (tertiary/aromatic N) is 1. The van der Waals surface area contributed by atoms with Gasteiger partial charge in [0.05, 0.1) is 10.7 Å². The fraction of sp³-hybridized carbons (Fsp3) is 0.250. The van der Waals surface area contributed by atoms with Gasteiger partial charge in [-0.3, -0.25) is 0 Å². The first-order valence-electron chi connectivity index (χ1n) is 5.11. The molecule has 84 valence electrons. The van der Waals surface area contributed by atoms with Gasteiger partial charge in [-0.05, 0) is 6.42 Å². The van der Waals surface area contributed by atoms with Crippen molar-refractivity contribution < 1.29 is 0 Å². The van der Waals surface area contributed by atoms with Crippen molar-refractivity contribution in [3.63, 3.8) is 0 Å². The Morgan fingerprint density at radius 3 is 2.62 bits per heavy atom. The summed E-state index contributed by atoms with van der Waals surface area (Å²) in [7, 11) is 0. The van der Waals surface area contributed by atoms with Crippen molar-refractivity contribution >= 4 is 36.6 Å². The van der Waals surface area contributed by atoms with Gasteiger partial charge in [0.1, 0.15) is 0 Å². The minimum atomic E-state index is 0.143. The van der Waals surface area contributed by atoms with Crippen molar-refractivity contribution in [3.05, 3.63) is 40.7 Å². The Balaban J connectivity index is 2.08. The average molecular weight is 267 g/mol. The third-order valence-electron chi connectivity index (χ3n) is 2.24. The van der Waals surface area contributed by atoms with Gasteiger partial charge in [0.2, 0.25) is 0 Å². The van der Waals surface area contributed by atoms with Crippen LogP contribution in [0.1, 0.15) is 11.4 Å². The molecule has 1 aromatic heterocycles. The van der Waals surface area contributed by atoms with Crippen LogP contribution >= 0.6 is 36.6 Å². The third kappa shape index (κ3) is 3.27. The molecule has 0 aliphatic heterocycles. The van der Waals surface area contributed by atoms with Crippen LogP contribution in [-0.4, -0.2) is 9.57 Å². The molecule has 0 N–H and O–H groups in total. The van der Waals surface area contributed by atoms with E-state index in [0.717, 1.165) is 23.5 Å². The zero-order chi connectivity index (χ0) is 11.4. The fourth-order valence-electron chi connectivity index (χ4n) is 1.42. The van der Waals surface area contributed by atoms with E-state index in [1.54, 1.807) is 11.3 Å². The molecule has 0 radical (unpaired) electrons. The first-order chi connectivity index (χ1) is 7.75. The van der Waals surface area contributed by atoms with Crippen LogP contribution in [0.25, 0.3) is 11.3 Å². The second kappa shape index (κ2) is 5.75. The number of thiol groups is 2. The molecule has 0 amide bonds. The summed E-state index contributed by atoms with van der Waals surface area (Å²) in [4.78, 5) is 4.60. The number of hydrogen-bond acceptors (Lipinski definition) is 4. The number of benzene rings is 1. The van der Waals surface area contributed by atoms with Gasteiger partial charge in [-0.15, -0.1) is 11.3 Å². The van der Waals surface area contributed by atoms with E-state index < -0.39 is 0 Å². The van der Waals surface area contributed by atoms with E-state index in [2.05, 4.69) is 47.8 Å². The number of hydrogen-bond donors (Lipinski definition) is 2. The van der Waals surface area contributed by atoms with Gasteiger partial charge >= 0.3 is 0 Å². The Bertz CT molecular complexity index is 437. The van der Waals surface area contributed by atoms with Crippen LogP contribution in [0.4, 0.5) is 0 Å². The maximum Gasteiger partial charge on any atom is 0.0933 e. The quantitative estimate of drug-likeness (QED) is 0.632. The molecule has 0 spiro atoms. The summed E-state index contributed by atoms with van der Waals surface area (Å²) in [6.07, 6.45) is 1.91. The maximum absolute atomic E-state index is 4.60. The van der Waals surface area contributed by atoms with E-state index in [-0.39, 0.29) is 4.58 Å². The molecule has 0 fully saturated rings. The molecule has 0 aliphatic rings. The molecule has 2 aromatic rings. The summed E-state index contributed by atoms with van der Waals surface area (Å²) in [6, 6.07) is 10.2. The van der Waals surface area contributed by atoms with E-state index in [1.807, 2.05) is 18.2 Å². The van der Waals surface area contributed by atoms with Crippen LogP contribution in [0, 0.1) is 0 Å². The van der Waals surface area contributed by atoms with Crippen molar-refractivity contribution in [2.45, 2.75) is 17.4 Å². The topological polar surface area (TPSA) is 12.9 Å². The zero-order valence-corrected chi connectivity index (χ0v) is 11.3. The van der Waals surface area contributed by atoms with Crippen LogP contribution in [-0.2, 0) is 6.42 Å². The Morgan fingerprint density at radius 2 is 1.94 bits per heavy atom. The second-order valence-corrected chi connectivity index (χ2v) is 6.11. The molecule has 2 rings (SSSR count). The molecule has 16 heavy (non-hydrogen) atoms. The number of aryl methyl sites for hydroxylation is 1.